The van der Waals surface area contributed by atoms with Gasteiger partial charge < -0.3 is 16.2 Å². The minimum Gasteiger partial charge on any atom is -0.396 e. The number of aliphatic hydroxyl groups is 1. The predicted molar refractivity (Wildman–Crippen MR) is 59.4 cm³/mol. The average Bonchev–Trinajstić information content (AvgIpc) is 2.67. The number of nitrogens with zero attached hydrogens (tertiary/aromatic N) is 2. The summed E-state index contributed by atoms with van der Waals surface area (Å²) in [5, 5.41) is 18.8. The maximum Gasteiger partial charge on any atom is 0.243 e. The summed E-state index contributed by atoms with van der Waals surface area (Å²) in [5.74, 6) is 0.771. The Morgan fingerprint density at radius 2 is 2.13 bits per heavy atom. The first-order chi connectivity index (χ1) is 7.15. The first-order valence-electron chi connectivity index (χ1n) is 5.18. The van der Waals surface area contributed by atoms with Crippen LogP contribution in [0.5, 0.6) is 0 Å². The molecule has 1 aromatic heterocycles. The van der Waals surface area contributed by atoms with E-state index in [1.165, 1.54) is 0 Å². The number of nitrogens with one attached hydrogen (secondary N) is 2. The van der Waals surface area contributed by atoms with E-state index in [4.69, 9.17) is 5.73 Å². The molecule has 0 atom stereocenters. The van der Waals surface area contributed by atoms with Crippen LogP contribution < -0.4 is 11.1 Å². The van der Waals surface area contributed by atoms with Crippen molar-refractivity contribution in [1.29, 1.82) is 0 Å². The van der Waals surface area contributed by atoms with Gasteiger partial charge in [-0.2, -0.15) is 4.98 Å². The minimum absolute atomic E-state index is 0.102. The highest BCUT2D eigenvalue weighted by Gasteiger charge is 2.25. The summed E-state index contributed by atoms with van der Waals surface area (Å²) in [4.78, 5) is 3.94. The normalized spacial score (nSPS) is 11.7. The fourth-order valence-corrected chi connectivity index (χ4v) is 1.40. The van der Waals surface area contributed by atoms with Gasteiger partial charge in [0.1, 0.15) is 0 Å². The van der Waals surface area contributed by atoms with Gasteiger partial charge in [-0.1, -0.05) is 13.8 Å². The van der Waals surface area contributed by atoms with Crippen LogP contribution in [0.4, 0.5) is 11.9 Å². The quantitative estimate of drug-likeness (QED) is 0.554. The van der Waals surface area contributed by atoms with Crippen LogP contribution in [0.15, 0.2) is 0 Å². The average molecular weight is 213 g/mol. The molecule has 0 saturated carbocycles. The molecule has 0 aliphatic rings. The van der Waals surface area contributed by atoms with E-state index in [0.29, 0.717) is 18.4 Å². The van der Waals surface area contributed by atoms with Gasteiger partial charge >= 0.3 is 0 Å². The monoisotopic (exact) mass is 213 g/mol. The highest BCUT2D eigenvalue weighted by atomic mass is 16.3. The van der Waals surface area contributed by atoms with Crippen molar-refractivity contribution >= 4 is 11.9 Å². The lowest BCUT2D eigenvalue weighted by atomic mass is 9.83. The summed E-state index contributed by atoms with van der Waals surface area (Å²) in [5.41, 5.74) is 5.30. The standard InChI is InChI=1S/C9H19N5O/c1-3-9(4-2,6-15)5-11-8-12-7(10)13-14-8/h15H,3-6H2,1-2H3,(H4,10,11,12,13,14). The minimum atomic E-state index is -0.102. The molecular weight excluding hydrogens is 194 g/mol. The molecular formula is C9H19N5O. The summed E-state index contributed by atoms with van der Waals surface area (Å²) in [6, 6.07) is 0. The topological polar surface area (TPSA) is 99.8 Å². The van der Waals surface area contributed by atoms with Crippen LogP contribution in [-0.4, -0.2) is 33.4 Å². The highest BCUT2D eigenvalue weighted by Crippen LogP contribution is 2.25. The largest absolute Gasteiger partial charge is 0.396 e. The molecule has 86 valence electrons. The van der Waals surface area contributed by atoms with Gasteiger partial charge in [-0.3, -0.25) is 0 Å². The van der Waals surface area contributed by atoms with Crippen LogP contribution in [0.3, 0.4) is 0 Å². The molecule has 1 heterocycles. The number of hydrogen-bond donors (Lipinski definition) is 4. The zero-order valence-electron chi connectivity index (χ0n) is 9.25. The molecule has 0 spiro atoms. The van der Waals surface area contributed by atoms with Crippen molar-refractivity contribution in [2.75, 3.05) is 24.2 Å². The summed E-state index contributed by atoms with van der Waals surface area (Å²) in [6.45, 7) is 4.93. The van der Waals surface area contributed by atoms with Gasteiger partial charge in [-0.05, 0) is 12.8 Å². The molecule has 0 radical (unpaired) electrons. The molecule has 6 heteroatoms. The number of H-pyrrole nitrogens is 1. The Hall–Kier alpha value is -1.30. The number of aromatic amines is 1. The first-order valence-corrected chi connectivity index (χ1v) is 5.18. The zero-order valence-corrected chi connectivity index (χ0v) is 9.25. The van der Waals surface area contributed by atoms with Crippen LogP contribution >= 0.6 is 0 Å². The molecule has 6 nitrogen and oxygen atoms in total. The number of nitrogen functional groups attached to an aromatic ring is 1. The van der Waals surface area contributed by atoms with Crippen LogP contribution in [0.2, 0.25) is 0 Å². The summed E-state index contributed by atoms with van der Waals surface area (Å²) >= 11 is 0. The zero-order chi connectivity index (χ0) is 11.3. The van der Waals surface area contributed by atoms with Crippen molar-refractivity contribution in [2.45, 2.75) is 26.7 Å². The van der Waals surface area contributed by atoms with Gasteiger partial charge in [0, 0.05) is 12.0 Å². The van der Waals surface area contributed by atoms with Crippen molar-refractivity contribution in [3.63, 3.8) is 0 Å². The number of aliphatic hydroxyl groups excluding tert-OH is 1. The van der Waals surface area contributed by atoms with E-state index in [1.54, 1.807) is 0 Å². The number of nitrogens with two attached hydrogens (primary N) is 1. The van der Waals surface area contributed by atoms with Crippen molar-refractivity contribution in [3.8, 4) is 0 Å². The van der Waals surface area contributed by atoms with E-state index in [1.807, 2.05) is 0 Å². The fourth-order valence-electron chi connectivity index (χ4n) is 1.40. The molecule has 0 aliphatic heterocycles. The lowest BCUT2D eigenvalue weighted by Crippen LogP contribution is -2.32. The molecule has 0 aromatic carbocycles. The van der Waals surface area contributed by atoms with Crippen LogP contribution in [0, 0.1) is 5.41 Å². The third kappa shape index (κ3) is 2.82. The molecule has 15 heavy (non-hydrogen) atoms. The van der Waals surface area contributed by atoms with Gasteiger partial charge in [0.05, 0.1) is 6.61 Å². The fraction of sp³-hybridized carbons (Fsp3) is 0.778. The van der Waals surface area contributed by atoms with Crippen molar-refractivity contribution < 1.29 is 5.11 Å². The Balaban J connectivity index is 2.54. The SMILES string of the molecule is CCC(CC)(CO)CNc1n[nH]c(N)n1. The second-order valence-corrected chi connectivity index (χ2v) is 3.76. The van der Waals surface area contributed by atoms with E-state index >= 15 is 0 Å². The number of aromatic nitrogens is 3. The van der Waals surface area contributed by atoms with Crippen LogP contribution in [0.25, 0.3) is 0 Å². The highest BCUT2D eigenvalue weighted by molar-refractivity contribution is 5.29. The second-order valence-electron chi connectivity index (χ2n) is 3.76. The van der Waals surface area contributed by atoms with Crippen LogP contribution in [0.1, 0.15) is 26.7 Å². The van der Waals surface area contributed by atoms with Gasteiger partial charge in [-0.15, -0.1) is 5.10 Å². The van der Waals surface area contributed by atoms with E-state index in [0.717, 1.165) is 12.8 Å². The van der Waals surface area contributed by atoms with Gasteiger partial charge in [0.2, 0.25) is 11.9 Å². The molecule has 5 N–H and O–H groups in total. The number of anilines is 2. The second kappa shape index (κ2) is 4.97. The molecule has 0 aliphatic carbocycles. The lowest BCUT2D eigenvalue weighted by Gasteiger charge is -2.29. The predicted octanol–water partition coefficient (Wildman–Crippen LogP) is 0.597. The maximum absolute atomic E-state index is 9.35. The Morgan fingerprint density at radius 1 is 1.47 bits per heavy atom. The van der Waals surface area contributed by atoms with Crippen LogP contribution in [-0.2, 0) is 0 Å². The third-order valence-corrected chi connectivity index (χ3v) is 2.96. The van der Waals surface area contributed by atoms with E-state index in [9.17, 15) is 5.11 Å². The molecule has 0 bridgehead atoms. The van der Waals surface area contributed by atoms with Gasteiger partial charge in [-0.25, -0.2) is 5.10 Å². The number of hydrogen-bond acceptors (Lipinski definition) is 5. The molecule has 0 saturated heterocycles. The third-order valence-electron chi connectivity index (χ3n) is 2.96. The maximum atomic E-state index is 9.35. The molecule has 0 amide bonds. The lowest BCUT2D eigenvalue weighted by molar-refractivity contribution is 0.127. The van der Waals surface area contributed by atoms with E-state index in [2.05, 4.69) is 34.3 Å². The summed E-state index contributed by atoms with van der Waals surface area (Å²) in [7, 11) is 0. The van der Waals surface area contributed by atoms with Gasteiger partial charge in [0.15, 0.2) is 0 Å². The van der Waals surface area contributed by atoms with E-state index in [-0.39, 0.29) is 12.0 Å². The van der Waals surface area contributed by atoms with Crippen molar-refractivity contribution in [2.24, 2.45) is 5.41 Å². The summed E-state index contributed by atoms with van der Waals surface area (Å²) < 4.78 is 0. The molecule has 1 rings (SSSR count). The Bertz CT molecular complexity index is 286. The Labute approximate surface area is 89.3 Å². The Kier molecular flexibility index (Phi) is 3.90. The van der Waals surface area contributed by atoms with Crippen molar-refractivity contribution in [3.05, 3.63) is 0 Å². The molecule has 0 unspecified atom stereocenters. The van der Waals surface area contributed by atoms with Crippen molar-refractivity contribution in [1.82, 2.24) is 15.2 Å². The smallest absolute Gasteiger partial charge is 0.243 e. The van der Waals surface area contributed by atoms with Gasteiger partial charge in [0.25, 0.3) is 0 Å². The number of rotatable bonds is 6. The van der Waals surface area contributed by atoms with E-state index < -0.39 is 0 Å². The Morgan fingerprint density at radius 3 is 2.53 bits per heavy atom. The molecule has 1 aromatic rings. The molecule has 0 fully saturated rings. The first kappa shape index (κ1) is 11.8. The summed E-state index contributed by atoms with van der Waals surface area (Å²) in [6.07, 6.45) is 1.82.